The van der Waals surface area contributed by atoms with Gasteiger partial charge in [-0.25, -0.2) is 9.97 Å². The van der Waals surface area contributed by atoms with E-state index in [1.54, 1.807) is 0 Å². The summed E-state index contributed by atoms with van der Waals surface area (Å²) < 4.78 is 0. The Kier molecular flexibility index (Phi) is 3.00. The van der Waals surface area contributed by atoms with Crippen LogP contribution in [-0.4, -0.2) is 27.8 Å². The van der Waals surface area contributed by atoms with Crippen molar-refractivity contribution >= 4 is 29.2 Å². The van der Waals surface area contributed by atoms with Crippen molar-refractivity contribution < 1.29 is 9.59 Å². The van der Waals surface area contributed by atoms with E-state index in [0.29, 0.717) is 18.7 Å². The number of nitrogens with one attached hydrogen (secondary N) is 2. The summed E-state index contributed by atoms with van der Waals surface area (Å²) >= 11 is 5.64. The van der Waals surface area contributed by atoms with Crippen LogP contribution in [0.1, 0.15) is 12.8 Å². The van der Waals surface area contributed by atoms with Crippen molar-refractivity contribution in [3.63, 3.8) is 0 Å². The molecular weight excluding hydrogens is 232 g/mol. The van der Waals surface area contributed by atoms with E-state index in [2.05, 4.69) is 20.6 Å². The lowest BCUT2D eigenvalue weighted by Crippen LogP contribution is -2.37. The number of hydrogen-bond donors (Lipinski definition) is 2. The van der Waals surface area contributed by atoms with E-state index in [1.807, 2.05) is 0 Å². The Labute approximate surface area is 96.4 Å². The Bertz CT molecular complexity index is 437. The van der Waals surface area contributed by atoms with Crippen molar-refractivity contribution in [2.45, 2.75) is 18.9 Å². The maximum atomic E-state index is 11.6. The van der Waals surface area contributed by atoms with E-state index in [9.17, 15) is 9.59 Å². The van der Waals surface area contributed by atoms with Crippen LogP contribution in [0.15, 0.2) is 12.4 Å². The number of amides is 2. The SMILES string of the molecule is O=C1CCC(C(=O)Nc2cc(Cl)ncn2)N1. The summed E-state index contributed by atoms with van der Waals surface area (Å²) in [6.07, 6.45) is 2.14. The summed E-state index contributed by atoms with van der Waals surface area (Å²) in [5.41, 5.74) is 0. The van der Waals surface area contributed by atoms with Crippen molar-refractivity contribution in [3.8, 4) is 0 Å². The van der Waals surface area contributed by atoms with Crippen molar-refractivity contribution in [1.29, 1.82) is 0 Å². The van der Waals surface area contributed by atoms with E-state index < -0.39 is 6.04 Å². The fourth-order valence-electron chi connectivity index (χ4n) is 1.43. The average Bonchev–Trinajstić information content (AvgIpc) is 2.65. The molecular formula is C9H9ClN4O2. The Morgan fingerprint density at radius 1 is 1.56 bits per heavy atom. The van der Waals surface area contributed by atoms with Gasteiger partial charge in [0, 0.05) is 12.5 Å². The van der Waals surface area contributed by atoms with Gasteiger partial charge in [0.2, 0.25) is 11.8 Å². The molecule has 6 nitrogen and oxygen atoms in total. The van der Waals surface area contributed by atoms with Crippen LogP contribution in [0.4, 0.5) is 5.82 Å². The maximum absolute atomic E-state index is 11.6. The molecule has 1 saturated heterocycles. The Morgan fingerprint density at radius 2 is 2.38 bits per heavy atom. The molecule has 2 N–H and O–H groups in total. The predicted molar refractivity (Wildman–Crippen MR) is 56.8 cm³/mol. The monoisotopic (exact) mass is 240 g/mol. The van der Waals surface area contributed by atoms with Gasteiger partial charge in [-0.3, -0.25) is 9.59 Å². The number of rotatable bonds is 2. The minimum Gasteiger partial charge on any atom is -0.344 e. The number of halogens is 1. The third kappa shape index (κ3) is 2.46. The van der Waals surface area contributed by atoms with Gasteiger partial charge in [0.1, 0.15) is 23.3 Å². The largest absolute Gasteiger partial charge is 0.344 e. The molecule has 1 fully saturated rings. The molecule has 16 heavy (non-hydrogen) atoms. The molecule has 1 atom stereocenters. The molecule has 0 spiro atoms. The zero-order valence-corrected chi connectivity index (χ0v) is 8.99. The van der Waals surface area contributed by atoms with Gasteiger partial charge in [-0.05, 0) is 6.42 Å². The van der Waals surface area contributed by atoms with Crippen molar-refractivity contribution in [2.24, 2.45) is 0 Å². The molecule has 2 rings (SSSR count). The first-order valence-corrected chi connectivity index (χ1v) is 5.11. The van der Waals surface area contributed by atoms with E-state index in [0.717, 1.165) is 0 Å². The molecule has 0 bridgehead atoms. The summed E-state index contributed by atoms with van der Waals surface area (Å²) in [4.78, 5) is 30.1. The van der Waals surface area contributed by atoms with Gasteiger partial charge >= 0.3 is 0 Å². The summed E-state index contributed by atoms with van der Waals surface area (Å²) in [5, 5.41) is 5.37. The molecule has 0 aromatic carbocycles. The quantitative estimate of drug-likeness (QED) is 0.731. The summed E-state index contributed by atoms with van der Waals surface area (Å²) in [5.74, 6) is -0.0763. The highest BCUT2D eigenvalue weighted by atomic mass is 35.5. The first-order valence-electron chi connectivity index (χ1n) is 4.73. The van der Waals surface area contributed by atoms with Gasteiger partial charge in [0.15, 0.2) is 0 Å². The Hall–Kier alpha value is -1.69. The number of anilines is 1. The van der Waals surface area contributed by atoms with Crippen LogP contribution in [0.2, 0.25) is 5.15 Å². The summed E-state index contributed by atoms with van der Waals surface area (Å²) in [7, 11) is 0. The minimum atomic E-state index is -0.485. The minimum absolute atomic E-state index is 0.110. The van der Waals surface area contributed by atoms with Crippen LogP contribution in [0.5, 0.6) is 0 Å². The number of hydrogen-bond acceptors (Lipinski definition) is 4. The normalized spacial score (nSPS) is 19.3. The second kappa shape index (κ2) is 4.44. The Morgan fingerprint density at radius 3 is 3.00 bits per heavy atom. The number of carbonyl (C=O) groups excluding carboxylic acids is 2. The lowest BCUT2D eigenvalue weighted by molar-refractivity contribution is -0.122. The van der Waals surface area contributed by atoms with Gasteiger partial charge in [0.25, 0.3) is 0 Å². The number of aromatic nitrogens is 2. The summed E-state index contributed by atoms with van der Waals surface area (Å²) in [6.45, 7) is 0. The van der Waals surface area contributed by atoms with Gasteiger partial charge in [0.05, 0.1) is 0 Å². The average molecular weight is 241 g/mol. The fourth-order valence-corrected chi connectivity index (χ4v) is 1.57. The van der Waals surface area contributed by atoms with Crippen molar-refractivity contribution in [3.05, 3.63) is 17.5 Å². The van der Waals surface area contributed by atoms with Crippen LogP contribution in [-0.2, 0) is 9.59 Å². The highest BCUT2D eigenvalue weighted by Crippen LogP contribution is 2.11. The van der Waals surface area contributed by atoms with Crippen LogP contribution >= 0.6 is 11.6 Å². The maximum Gasteiger partial charge on any atom is 0.248 e. The first-order chi connectivity index (χ1) is 7.65. The molecule has 84 valence electrons. The van der Waals surface area contributed by atoms with Crippen LogP contribution in [0.25, 0.3) is 0 Å². The zero-order chi connectivity index (χ0) is 11.5. The van der Waals surface area contributed by atoms with Gasteiger partial charge in [-0.15, -0.1) is 0 Å². The zero-order valence-electron chi connectivity index (χ0n) is 8.24. The molecule has 0 radical (unpaired) electrons. The molecule has 2 heterocycles. The van der Waals surface area contributed by atoms with Crippen LogP contribution < -0.4 is 10.6 Å². The van der Waals surface area contributed by atoms with Crippen LogP contribution in [0.3, 0.4) is 0 Å². The third-order valence-corrected chi connectivity index (χ3v) is 2.40. The predicted octanol–water partition coefficient (Wildman–Crippen LogP) is 0.347. The highest BCUT2D eigenvalue weighted by Gasteiger charge is 2.27. The number of carbonyl (C=O) groups is 2. The van der Waals surface area contributed by atoms with Gasteiger partial charge in [-0.1, -0.05) is 11.6 Å². The lowest BCUT2D eigenvalue weighted by Gasteiger charge is -2.09. The number of nitrogens with zero attached hydrogens (tertiary/aromatic N) is 2. The molecule has 1 aliphatic rings. The van der Waals surface area contributed by atoms with E-state index >= 15 is 0 Å². The van der Waals surface area contributed by atoms with Gasteiger partial charge < -0.3 is 10.6 Å². The first kappa shape index (κ1) is 10.8. The second-order valence-corrected chi connectivity index (χ2v) is 3.76. The van der Waals surface area contributed by atoms with E-state index in [4.69, 9.17) is 11.6 Å². The molecule has 2 amide bonds. The van der Waals surface area contributed by atoms with Gasteiger partial charge in [-0.2, -0.15) is 0 Å². The molecule has 1 aliphatic heterocycles. The van der Waals surface area contributed by atoms with Crippen molar-refractivity contribution in [2.75, 3.05) is 5.32 Å². The Balaban J connectivity index is 1.99. The lowest BCUT2D eigenvalue weighted by atomic mass is 10.2. The van der Waals surface area contributed by atoms with E-state index in [-0.39, 0.29) is 17.0 Å². The summed E-state index contributed by atoms with van der Waals surface area (Å²) in [6, 6.07) is 0.956. The molecule has 0 saturated carbocycles. The van der Waals surface area contributed by atoms with Crippen LogP contribution in [0, 0.1) is 0 Å². The molecule has 0 aliphatic carbocycles. The smallest absolute Gasteiger partial charge is 0.248 e. The highest BCUT2D eigenvalue weighted by molar-refractivity contribution is 6.29. The molecule has 7 heteroatoms. The third-order valence-electron chi connectivity index (χ3n) is 2.20. The van der Waals surface area contributed by atoms with Crippen molar-refractivity contribution in [1.82, 2.24) is 15.3 Å². The standard InChI is InChI=1S/C9H9ClN4O2/c10-6-3-7(12-4-11-6)14-9(16)5-1-2-8(15)13-5/h3-5H,1-2H2,(H,13,15)(H,11,12,14,16). The second-order valence-electron chi connectivity index (χ2n) is 3.37. The molecule has 1 aromatic rings. The topological polar surface area (TPSA) is 84.0 Å². The fraction of sp³-hybridized carbons (Fsp3) is 0.333. The molecule has 1 unspecified atom stereocenters. The molecule has 1 aromatic heterocycles. The van der Waals surface area contributed by atoms with E-state index in [1.165, 1.54) is 12.4 Å².